The van der Waals surface area contributed by atoms with Crippen LogP contribution < -0.4 is 5.32 Å². The zero-order valence-electron chi connectivity index (χ0n) is 9.25. The normalized spacial score (nSPS) is 23.3. The summed E-state index contributed by atoms with van der Waals surface area (Å²) in [6.45, 7) is 4.51. The second kappa shape index (κ2) is 3.87. The molecule has 0 aromatic carbocycles. The third kappa shape index (κ3) is 1.72. The van der Waals surface area contributed by atoms with E-state index in [-0.39, 0.29) is 0 Å². The molecular formula is C12H18N2S. The van der Waals surface area contributed by atoms with E-state index >= 15 is 0 Å². The molecule has 3 heteroatoms. The quantitative estimate of drug-likeness (QED) is 0.832. The van der Waals surface area contributed by atoms with Crippen LogP contribution in [0.1, 0.15) is 53.1 Å². The van der Waals surface area contributed by atoms with Crippen LogP contribution in [-0.2, 0) is 0 Å². The Kier molecular flexibility index (Phi) is 2.53. The van der Waals surface area contributed by atoms with E-state index in [9.17, 15) is 0 Å². The summed E-state index contributed by atoms with van der Waals surface area (Å²) in [5.41, 5.74) is 1.39. The van der Waals surface area contributed by atoms with E-state index in [2.05, 4.69) is 12.2 Å². The van der Waals surface area contributed by atoms with Gasteiger partial charge in [-0.1, -0.05) is 12.8 Å². The Bertz CT molecular complexity index is 349. The fraction of sp³-hybridized carbons (Fsp3) is 0.750. The number of aromatic nitrogens is 1. The van der Waals surface area contributed by atoms with Crippen LogP contribution in [-0.4, -0.2) is 18.1 Å². The van der Waals surface area contributed by atoms with E-state index in [0.29, 0.717) is 5.92 Å². The van der Waals surface area contributed by atoms with Gasteiger partial charge in [0.15, 0.2) is 0 Å². The van der Waals surface area contributed by atoms with Gasteiger partial charge in [-0.15, -0.1) is 11.3 Å². The molecule has 3 rings (SSSR count). The van der Waals surface area contributed by atoms with Gasteiger partial charge in [-0.2, -0.15) is 0 Å². The smallest absolute Gasteiger partial charge is 0.0962 e. The maximum atomic E-state index is 4.89. The lowest BCUT2D eigenvalue weighted by Crippen LogP contribution is -2.40. The largest absolute Gasteiger partial charge is 0.315 e. The van der Waals surface area contributed by atoms with Crippen molar-refractivity contribution in [3.8, 4) is 0 Å². The first-order valence-electron chi connectivity index (χ1n) is 6.02. The Morgan fingerprint density at radius 1 is 1.20 bits per heavy atom. The highest BCUT2D eigenvalue weighted by Gasteiger charge is 2.27. The Balaban J connectivity index is 1.83. The van der Waals surface area contributed by atoms with Crippen LogP contribution in [0.25, 0.3) is 0 Å². The van der Waals surface area contributed by atoms with E-state index in [1.807, 2.05) is 11.3 Å². The van der Waals surface area contributed by atoms with E-state index in [0.717, 1.165) is 19.0 Å². The highest BCUT2D eigenvalue weighted by molar-refractivity contribution is 7.11. The molecule has 2 heterocycles. The van der Waals surface area contributed by atoms with E-state index < -0.39 is 0 Å². The summed E-state index contributed by atoms with van der Waals surface area (Å²) in [6, 6.07) is 0. The topological polar surface area (TPSA) is 24.9 Å². The first-order valence-corrected chi connectivity index (χ1v) is 6.84. The molecule has 0 radical (unpaired) electrons. The van der Waals surface area contributed by atoms with Gasteiger partial charge in [0.05, 0.1) is 10.7 Å². The minimum absolute atomic E-state index is 0.705. The first kappa shape index (κ1) is 9.79. The molecule has 15 heavy (non-hydrogen) atoms. The maximum absolute atomic E-state index is 4.89. The molecule has 1 aromatic rings. The molecule has 1 N–H and O–H groups in total. The van der Waals surface area contributed by atoms with Gasteiger partial charge in [0, 0.05) is 29.8 Å². The van der Waals surface area contributed by atoms with Crippen LogP contribution in [0.15, 0.2) is 0 Å². The van der Waals surface area contributed by atoms with Gasteiger partial charge < -0.3 is 5.32 Å². The molecule has 1 saturated carbocycles. The van der Waals surface area contributed by atoms with Crippen LogP contribution in [0.2, 0.25) is 0 Å². The van der Waals surface area contributed by atoms with Crippen molar-refractivity contribution in [1.82, 2.24) is 10.3 Å². The second-order valence-corrected chi connectivity index (χ2v) is 6.06. The number of aryl methyl sites for hydroxylation is 1. The number of hydrogen-bond donors (Lipinski definition) is 1. The standard InChI is InChI=1S/C12H18N2S/c1-8-11(10-6-13-7-10)14-12(15-8)9-4-2-3-5-9/h9-10,13H,2-7H2,1H3. The van der Waals surface area contributed by atoms with Crippen LogP contribution in [0.5, 0.6) is 0 Å². The van der Waals surface area contributed by atoms with Crippen LogP contribution >= 0.6 is 11.3 Å². The third-order valence-corrected chi connectivity index (χ3v) is 4.87. The zero-order chi connectivity index (χ0) is 10.3. The molecule has 1 aromatic heterocycles. The Morgan fingerprint density at radius 2 is 1.93 bits per heavy atom. The molecule has 0 unspecified atom stereocenters. The highest BCUT2D eigenvalue weighted by atomic mass is 32.1. The third-order valence-electron chi connectivity index (χ3n) is 3.72. The molecule has 2 nitrogen and oxygen atoms in total. The molecule has 2 aliphatic rings. The minimum Gasteiger partial charge on any atom is -0.315 e. The van der Waals surface area contributed by atoms with Gasteiger partial charge in [-0.3, -0.25) is 0 Å². The summed E-state index contributed by atoms with van der Waals surface area (Å²) < 4.78 is 0. The maximum Gasteiger partial charge on any atom is 0.0962 e. The Hall–Kier alpha value is -0.410. The molecule has 0 amide bonds. The molecule has 1 saturated heterocycles. The van der Waals surface area contributed by atoms with E-state index in [1.165, 1.54) is 41.3 Å². The monoisotopic (exact) mass is 222 g/mol. The summed E-state index contributed by atoms with van der Waals surface area (Å²) >= 11 is 1.95. The fourth-order valence-corrected chi connectivity index (χ4v) is 3.81. The van der Waals surface area contributed by atoms with Crippen molar-refractivity contribution in [2.45, 2.75) is 44.4 Å². The molecule has 82 valence electrons. The molecule has 1 aliphatic heterocycles. The van der Waals surface area contributed by atoms with Gasteiger partial charge in [-0.25, -0.2) is 4.98 Å². The number of nitrogens with zero attached hydrogens (tertiary/aromatic N) is 1. The van der Waals surface area contributed by atoms with E-state index in [1.54, 1.807) is 0 Å². The number of nitrogens with one attached hydrogen (secondary N) is 1. The lowest BCUT2D eigenvalue weighted by molar-refractivity contribution is 0.438. The van der Waals surface area contributed by atoms with Crippen LogP contribution in [0, 0.1) is 6.92 Å². The fourth-order valence-electron chi connectivity index (χ4n) is 2.64. The average Bonchev–Trinajstić information content (AvgIpc) is 2.72. The first-order chi connectivity index (χ1) is 7.34. The van der Waals surface area contributed by atoms with Crippen molar-refractivity contribution >= 4 is 11.3 Å². The molecule has 0 spiro atoms. The Labute approximate surface area is 95.1 Å². The molecule has 2 fully saturated rings. The molecular weight excluding hydrogens is 204 g/mol. The van der Waals surface area contributed by atoms with Crippen molar-refractivity contribution < 1.29 is 0 Å². The van der Waals surface area contributed by atoms with Crippen LogP contribution in [0.3, 0.4) is 0 Å². The average molecular weight is 222 g/mol. The van der Waals surface area contributed by atoms with Crippen molar-refractivity contribution in [1.29, 1.82) is 0 Å². The number of rotatable bonds is 2. The molecule has 1 aliphatic carbocycles. The van der Waals surface area contributed by atoms with Gasteiger partial charge in [0.25, 0.3) is 0 Å². The van der Waals surface area contributed by atoms with Gasteiger partial charge in [-0.05, 0) is 19.8 Å². The summed E-state index contributed by atoms with van der Waals surface area (Å²) in [5, 5.41) is 4.75. The van der Waals surface area contributed by atoms with Crippen molar-refractivity contribution in [3.63, 3.8) is 0 Å². The number of hydrogen-bond acceptors (Lipinski definition) is 3. The SMILES string of the molecule is Cc1sc(C2CCCC2)nc1C1CNC1. The predicted molar refractivity (Wildman–Crippen MR) is 63.7 cm³/mol. The predicted octanol–water partition coefficient (Wildman–Crippen LogP) is 2.80. The highest BCUT2D eigenvalue weighted by Crippen LogP contribution is 2.38. The van der Waals surface area contributed by atoms with Crippen LogP contribution in [0.4, 0.5) is 0 Å². The summed E-state index contributed by atoms with van der Waals surface area (Å²) in [6.07, 6.45) is 5.55. The lowest BCUT2D eigenvalue weighted by atomic mass is 9.98. The lowest BCUT2D eigenvalue weighted by Gasteiger charge is -2.26. The van der Waals surface area contributed by atoms with Gasteiger partial charge >= 0.3 is 0 Å². The minimum atomic E-state index is 0.705. The van der Waals surface area contributed by atoms with Crippen molar-refractivity contribution in [2.75, 3.05) is 13.1 Å². The van der Waals surface area contributed by atoms with Gasteiger partial charge in [0.1, 0.15) is 0 Å². The summed E-state index contributed by atoms with van der Waals surface area (Å²) in [4.78, 5) is 6.35. The summed E-state index contributed by atoms with van der Waals surface area (Å²) in [7, 11) is 0. The summed E-state index contributed by atoms with van der Waals surface area (Å²) in [5.74, 6) is 1.49. The van der Waals surface area contributed by atoms with Crippen molar-refractivity contribution in [3.05, 3.63) is 15.6 Å². The molecule has 0 atom stereocenters. The van der Waals surface area contributed by atoms with Crippen molar-refractivity contribution in [2.24, 2.45) is 0 Å². The van der Waals surface area contributed by atoms with E-state index in [4.69, 9.17) is 4.98 Å². The number of thiazole rings is 1. The van der Waals surface area contributed by atoms with Gasteiger partial charge in [0.2, 0.25) is 0 Å². The molecule has 0 bridgehead atoms. The Morgan fingerprint density at radius 3 is 2.53 bits per heavy atom. The second-order valence-electron chi connectivity index (χ2n) is 4.83. The zero-order valence-corrected chi connectivity index (χ0v) is 10.1.